The van der Waals surface area contributed by atoms with Gasteiger partial charge in [-0.25, -0.2) is 0 Å². The minimum atomic E-state index is -0.416. The van der Waals surface area contributed by atoms with E-state index in [0.29, 0.717) is 24.6 Å². The SMILES string of the molecule is CCc1ccc(-c2noc(CC(O)CC)n2)cc1. The fourth-order valence-electron chi connectivity index (χ4n) is 1.69. The molecule has 1 N–H and O–H groups in total. The van der Waals surface area contributed by atoms with Crippen molar-refractivity contribution in [2.45, 2.75) is 39.2 Å². The van der Waals surface area contributed by atoms with Gasteiger partial charge >= 0.3 is 0 Å². The van der Waals surface area contributed by atoms with Gasteiger partial charge in [0.05, 0.1) is 12.5 Å². The first-order valence-electron chi connectivity index (χ1n) is 6.32. The Kier molecular flexibility index (Phi) is 4.10. The summed E-state index contributed by atoms with van der Waals surface area (Å²) in [6, 6.07) is 8.10. The van der Waals surface area contributed by atoms with Crippen LogP contribution in [0.1, 0.15) is 31.7 Å². The van der Waals surface area contributed by atoms with Crippen molar-refractivity contribution in [2.24, 2.45) is 0 Å². The Morgan fingerprint density at radius 2 is 1.94 bits per heavy atom. The Bertz CT molecular complexity index is 491. The van der Waals surface area contributed by atoms with E-state index >= 15 is 0 Å². The summed E-state index contributed by atoms with van der Waals surface area (Å²) < 4.78 is 5.13. The van der Waals surface area contributed by atoms with Gasteiger partial charge in [-0.2, -0.15) is 4.98 Å². The number of benzene rings is 1. The number of aryl methyl sites for hydroxylation is 1. The predicted octanol–water partition coefficient (Wildman–Crippen LogP) is 2.61. The van der Waals surface area contributed by atoms with Crippen LogP contribution >= 0.6 is 0 Å². The molecule has 0 spiro atoms. The lowest BCUT2D eigenvalue weighted by Crippen LogP contribution is -2.08. The standard InChI is InChI=1S/C14H18N2O2/c1-3-10-5-7-11(8-6-10)14-15-13(18-16-14)9-12(17)4-2/h5-8,12,17H,3-4,9H2,1-2H3. The lowest BCUT2D eigenvalue weighted by molar-refractivity contribution is 0.158. The molecule has 0 aliphatic carbocycles. The fraction of sp³-hybridized carbons (Fsp3) is 0.429. The van der Waals surface area contributed by atoms with Gasteiger partial charge in [0.15, 0.2) is 0 Å². The molecular weight excluding hydrogens is 228 g/mol. The Balaban J connectivity index is 2.13. The first kappa shape index (κ1) is 12.8. The highest BCUT2D eigenvalue weighted by atomic mass is 16.5. The number of rotatable bonds is 5. The molecule has 0 aliphatic rings. The van der Waals surface area contributed by atoms with Crippen molar-refractivity contribution in [1.82, 2.24) is 10.1 Å². The average molecular weight is 246 g/mol. The number of hydrogen-bond donors (Lipinski definition) is 1. The van der Waals surface area contributed by atoms with E-state index in [1.165, 1.54) is 5.56 Å². The summed E-state index contributed by atoms with van der Waals surface area (Å²) in [5.41, 5.74) is 2.22. The van der Waals surface area contributed by atoms with Gasteiger partial charge in [0.2, 0.25) is 11.7 Å². The second kappa shape index (κ2) is 5.78. The zero-order valence-corrected chi connectivity index (χ0v) is 10.8. The summed E-state index contributed by atoms with van der Waals surface area (Å²) in [4.78, 5) is 4.29. The molecule has 1 unspecified atom stereocenters. The van der Waals surface area contributed by atoms with Crippen molar-refractivity contribution in [1.29, 1.82) is 0 Å². The molecule has 1 aromatic carbocycles. The Morgan fingerprint density at radius 3 is 2.56 bits per heavy atom. The van der Waals surface area contributed by atoms with Crippen LogP contribution in [0, 0.1) is 0 Å². The Morgan fingerprint density at radius 1 is 1.22 bits per heavy atom. The van der Waals surface area contributed by atoms with Crippen LogP contribution in [0.5, 0.6) is 0 Å². The number of aliphatic hydroxyl groups is 1. The van der Waals surface area contributed by atoms with Crippen LogP contribution in [0.3, 0.4) is 0 Å². The molecule has 4 heteroatoms. The molecule has 4 nitrogen and oxygen atoms in total. The minimum Gasteiger partial charge on any atom is -0.393 e. The highest BCUT2D eigenvalue weighted by molar-refractivity contribution is 5.54. The summed E-state index contributed by atoms with van der Waals surface area (Å²) in [7, 11) is 0. The largest absolute Gasteiger partial charge is 0.393 e. The minimum absolute atomic E-state index is 0.413. The zero-order chi connectivity index (χ0) is 13.0. The third kappa shape index (κ3) is 2.96. The van der Waals surface area contributed by atoms with Crippen LogP contribution in [-0.2, 0) is 12.8 Å². The van der Waals surface area contributed by atoms with Gasteiger partial charge in [-0.1, -0.05) is 43.3 Å². The van der Waals surface area contributed by atoms with Gasteiger partial charge < -0.3 is 9.63 Å². The molecule has 2 aromatic rings. The molecule has 0 amide bonds. The summed E-state index contributed by atoms with van der Waals surface area (Å²) >= 11 is 0. The van der Waals surface area contributed by atoms with E-state index < -0.39 is 6.10 Å². The molecule has 0 bridgehead atoms. The maximum absolute atomic E-state index is 9.53. The zero-order valence-electron chi connectivity index (χ0n) is 10.8. The van der Waals surface area contributed by atoms with E-state index in [2.05, 4.69) is 29.2 Å². The number of nitrogens with zero attached hydrogens (tertiary/aromatic N) is 2. The molecule has 1 aromatic heterocycles. The lowest BCUT2D eigenvalue weighted by atomic mass is 10.1. The Hall–Kier alpha value is -1.68. The molecule has 1 heterocycles. The van der Waals surface area contributed by atoms with Gasteiger partial charge in [0.25, 0.3) is 0 Å². The number of hydrogen-bond acceptors (Lipinski definition) is 4. The third-order valence-corrected chi connectivity index (χ3v) is 2.97. The summed E-state index contributed by atoms with van der Waals surface area (Å²) in [5, 5.41) is 13.5. The van der Waals surface area contributed by atoms with Gasteiger partial charge in [-0.05, 0) is 18.4 Å². The summed E-state index contributed by atoms with van der Waals surface area (Å²) in [5.74, 6) is 1.06. The van der Waals surface area contributed by atoms with Crippen molar-refractivity contribution < 1.29 is 9.63 Å². The Labute approximate surface area is 107 Å². The molecule has 0 aliphatic heterocycles. The predicted molar refractivity (Wildman–Crippen MR) is 69.1 cm³/mol. The first-order valence-corrected chi connectivity index (χ1v) is 6.32. The molecule has 1 atom stereocenters. The lowest BCUT2D eigenvalue weighted by Gasteiger charge is -2.01. The molecule has 0 radical (unpaired) electrons. The van der Waals surface area contributed by atoms with E-state index in [-0.39, 0.29) is 0 Å². The quantitative estimate of drug-likeness (QED) is 0.881. The monoisotopic (exact) mass is 246 g/mol. The molecule has 96 valence electrons. The maximum Gasteiger partial charge on any atom is 0.229 e. The van der Waals surface area contributed by atoms with Crippen molar-refractivity contribution in [3.63, 3.8) is 0 Å². The van der Waals surface area contributed by atoms with Gasteiger partial charge in [-0.3, -0.25) is 0 Å². The van der Waals surface area contributed by atoms with E-state index in [1.807, 2.05) is 19.1 Å². The normalized spacial score (nSPS) is 12.6. The van der Waals surface area contributed by atoms with Crippen LogP contribution < -0.4 is 0 Å². The van der Waals surface area contributed by atoms with Crippen LogP contribution in [0.25, 0.3) is 11.4 Å². The molecular formula is C14H18N2O2. The molecule has 2 rings (SSSR count). The van der Waals surface area contributed by atoms with Gasteiger partial charge in [0.1, 0.15) is 0 Å². The van der Waals surface area contributed by atoms with Crippen molar-refractivity contribution in [3.05, 3.63) is 35.7 Å². The highest BCUT2D eigenvalue weighted by Gasteiger charge is 2.11. The van der Waals surface area contributed by atoms with Gasteiger partial charge in [0, 0.05) is 5.56 Å². The second-order valence-electron chi connectivity index (χ2n) is 4.33. The van der Waals surface area contributed by atoms with E-state index in [0.717, 1.165) is 12.0 Å². The molecule has 0 saturated heterocycles. The first-order chi connectivity index (χ1) is 8.72. The maximum atomic E-state index is 9.53. The van der Waals surface area contributed by atoms with Crippen LogP contribution in [0.15, 0.2) is 28.8 Å². The van der Waals surface area contributed by atoms with Crippen molar-refractivity contribution in [2.75, 3.05) is 0 Å². The van der Waals surface area contributed by atoms with Gasteiger partial charge in [-0.15, -0.1) is 0 Å². The van der Waals surface area contributed by atoms with E-state index in [4.69, 9.17) is 4.52 Å². The number of aliphatic hydroxyl groups excluding tert-OH is 1. The van der Waals surface area contributed by atoms with E-state index in [1.54, 1.807) is 0 Å². The smallest absolute Gasteiger partial charge is 0.229 e. The third-order valence-electron chi connectivity index (χ3n) is 2.97. The summed E-state index contributed by atoms with van der Waals surface area (Å²) in [6.07, 6.45) is 1.70. The highest BCUT2D eigenvalue weighted by Crippen LogP contribution is 2.17. The molecule has 0 saturated carbocycles. The second-order valence-corrected chi connectivity index (χ2v) is 4.33. The van der Waals surface area contributed by atoms with E-state index in [9.17, 15) is 5.11 Å². The summed E-state index contributed by atoms with van der Waals surface area (Å²) in [6.45, 7) is 4.04. The molecule has 0 fully saturated rings. The van der Waals surface area contributed by atoms with Crippen LogP contribution in [0.2, 0.25) is 0 Å². The van der Waals surface area contributed by atoms with Crippen molar-refractivity contribution >= 4 is 0 Å². The van der Waals surface area contributed by atoms with Crippen LogP contribution in [0.4, 0.5) is 0 Å². The average Bonchev–Trinajstić information content (AvgIpc) is 2.87. The van der Waals surface area contributed by atoms with Crippen LogP contribution in [-0.4, -0.2) is 21.4 Å². The topological polar surface area (TPSA) is 59.2 Å². The fourth-order valence-corrected chi connectivity index (χ4v) is 1.69. The molecule has 18 heavy (non-hydrogen) atoms. The van der Waals surface area contributed by atoms with Crippen molar-refractivity contribution in [3.8, 4) is 11.4 Å². The number of aromatic nitrogens is 2.